The van der Waals surface area contributed by atoms with Gasteiger partial charge in [0, 0.05) is 0 Å². The maximum Gasteiger partial charge on any atom is 0.253 e. The van der Waals surface area contributed by atoms with Crippen LogP contribution in [0.4, 0.5) is 0 Å². The van der Waals surface area contributed by atoms with Gasteiger partial charge in [-0.25, -0.2) is 0 Å². The molecule has 0 fully saturated rings. The largest absolute Gasteiger partial charge is 0.315 e. The van der Waals surface area contributed by atoms with Crippen molar-refractivity contribution < 1.29 is 4.79 Å². The van der Waals surface area contributed by atoms with Gasteiger partial charge in [-0.1, -0.05) is 27.2 Å². The fourth-order valence-corrected chi connectivity index (χ4v) is 1.68. The average molecular weight is 168 g/mol. The van der Waals surface area contributed by atoms with E-state index >= 15 is 0 Å². The Labute approximate surface area is 73.3 Å². The van der Waals surface area contributed by atoms with Gasteiger partial charge in [0.15, 0.2) is 0 Å². The number of hydrogen-bond acceptors (Lipinski definition) is 2. The molecule has 1 amide bonds. The number of rotatable bonds is 3. The minimum absolute atomic E-state index is 0.0550. The third-order valence-corrected chi connectivity index (χ3v) is 2.85. The zero-order valence-corrected chi connectivity index (χ0v) is 7.92. The van der Waals surface area contributed by atoms with Crippen LogP contribution in [-0.2, 0) is 4.79 Å². The van der Waals surface area contributed by atoms with Crippen molar-refractivity contribution in [3.8, 4) is 0 Å². The minimum Gasteiger partial charge on any atom is -0.315 e. The van der Waals surface area contributed by atoms with Gasteiger partial charge in [-0.15, -0.1) is 0 Å². The predicted octanol–water partition coefficient (Wildman–Crippen LogP) is 1.34. The maximum atomic E-state index is 11.5. The molecule has 1 rings (SSSR count). The van der Waals surface area contributed by atoms with Crippen LogP contribution in [0.2, 0.25) is 0 Å². The molecule has 1 aliphatic rings. The molecule has 1 heterocycles. The molecule has 0 bridgehead atoms. The standard InChI is InChI=1S/C9H16N2O/c1-4-7(3)9(5-2)8(12)10-6-11-9/h6-7H,4-5H2,1-3H3,(H,10,11,12). The van der Waals surface area contributed by atoms with Crippen molar-refractivity contribution in [2.45, 2.75) is 39.2 Å². The highest BCUT2D eigenvalue weighted by Gasteiger charge is 2.42. The summed E-state index contributed by atoms with van der Waals surface area (Å²) < 4.78 is 0. The van der Waals surface area contributed by atoms with E-state index in [-0.39, 0.29) is 5.91 Å². The van der Waals surface area contributed by atoms with Crippen LogP contribution in [0.25, 0.3) is 0 Å². The van der Waals surface area contributed by atoms with Crippen molar-refractivity contribution in [1.82, 2.24) is 5.32 Å². The van der Waals surface area contributed by atoms with E-state index < -0.39 is 5.54 Å². The van der Waals surface area contributed by atoms with E-state index in [1.54, 1.807) is 0 Å². The Hall–Kier alpha value is -0.860. The zero-order chi connectivity index (χ0) is 9.19. The lowest BCUT2D eigenvalue weighted by Crippen LogP contribution is -2.43. The van der Waals surface area contributed by atoms with E-state index in [0.29, 0.717) is 5.92 Å². The summed E-state index contributed by atoms with van der Waals surface area (Å²) in [7, 11) is 0. The Balaban J connectivity index is 2.88. The first-order chi connectivity index (χ1) is 5.67. The molecule has 1 N–H and O–H groups in total. The van der Waals surface area contributed by atoms with Gasteiger partial charge >= 0.3 is 0 Å². The lowest BCUT2D eigenvalue weighted by molar-refractivity contribution is -0.125. The molecule has 0 aromatic heterocycles. The third-order valence-electron chi connectivity index (χ3n) is 2.85. The van der Waals surface area contributed by atoms with Crippen LogP contribution in [0.5, 0.6) is 0 Å². The zero-order valence-electron chi connectivity index (χ0n) is 7.92. The summed E-state index contributed by atoms with van der Waals surface area (Å²) in [5.41, 5.74) is -0.477. The Bertz CT molecular complexity index is 213. The predicted molar refractivity (Wildman–Crippen MR) is 49.1 cm³/mol. The second-order valence-electron chi connectivity index (χ2n) is 3.32. The Kier molecular flexibility index (Phi) is 2.50. The smallest absolute Gasteiger partial charge is 0.253 e. The summed E-state index contributed by atoms with van der Waals surface area (Å²) in [6.45, 7) is 6.17. The molecular formula is C9H16N2O. The number of carbonyl (C=O) groups is 1. The number of carbonyl (C=O) groups excluding carboxylic acids is 1. The summed E-state index contributed by atoms with van der Waals surface area (Å²) >= 11 is 0. The second-order valence-corrected chi connectivity index (χ2v) is 3.32. The van der Waals surface area contributed by atoms with Crippen molar-refractivity contribution in [3.05, 3.63) is 0 Å². The molecule has 1 aliphatic heterocycles. The van der Waals surface area contributed by atoms with Crippen molar-refractivity contribution in [3.63, 3.8) is 0 Å². The molecule has 0 aromatic rings. The van der Waals surface area contributed by atoms with Gasteiger partial charge < -0.3 is 5.32 Å². The highest BCUT2D eigenvalue weighted by Crippen LogP contribution is 2.30. The molecule has 0 saturated heterocycles. The molecule has 3 heteroatoms. The number of aliphatic imine (C=N–C) groups is 1. The molecule has 0 spiro atoms. The van der Waals surface area contributed by atoms with Gasteiger partial charge in [-0.05, 0) is 12.3 Å². The molecule has 2 atom stereocenters. The van der Waals surface area contributed by atoms with Crippen molar-refractivity contribution >= 4 is 12.2 Å². The lowest BCUT2D eigenvalue weighted by atomic mass is 9.81. The SMILES string of the molecule is CCC(C)C1(CC)N=CNC1=O. The van der Waals surface area contributed by atoms with Gasteiger partial charge in [0.25, 0.3) is 5.91 Å². The number of nitrogens with zero attached hydrogens (tertiary/aromatic N) is 1. The number of amides is 1. The number of hydrogen-bond donors (Lipinski definition) is 1. The van der Waals surface area contributed by atoms with Crippen molar-refractivity contribution in [2.75, 3.05) is 0 Å². The van der Waals surface area contributed by atoms with E-state index in [1.807, 2.05) is 6.92 Å². The van der Waals surface area contributed by atoms with Gasteiger partial charge in [-0.3, -0.25) is 9.79 Å². The molecular weight excluding hydrogens is 152 g/mol. The topological polar surface area (TPSA) is 41.5 Å². The minimum atomic E-state index is -0.477. The molecule has 2 unspecified atom stereocenters. The Morgan fingerprint density at radius 2 is 2.33 bits per heavy atom. The van der Waals surface area contributed by atoms with E-state index in [9.17, 15) is 4.79 Å². The molecule has 68 valence electrons. The lowest BCUT2D eigenvalue weighted by Gasteiger charge is -2.27. The highest BCUT2D eigenvalue weighted by atomic mass is 16.2. The van der Waals surface area contributed by atoms with Gasteiger partial charge in [0.1, 0.15) is 5.54 Å². The van der Waals surface area contributed by atoms with E-state index in [1.165, 1.54) is 6.34 Å². The normalized spacial score (nSPS) is 30.4. The fraction of sp³-hybridized carbons (Fsp3) is 0.778. The monoisotopic (exact) mass is 168 g/mol. The number of nitrogens with one attached hydrogen (secondary N) is 1. The molecule has 0 saturated carbocycles. The van der Waals surface area contributed by atoms with Gasteiger partial charge in [0.2, 0.25) is 0 Å². The summed E-state index contributed by atoms with van der Waals surface area (Å²) in [5, 5.41) is 2.65. The third kappa shape index (κ3) is 1.13. The van der Waals surface area contributed by atoms with E-state index in [0.717, 1.165) is 12.8 Å². The first-order valence-corrected chi connectivity index (χ1v) is 4.52. The molecule has 0 aromatic carbocycles. The van der Waals surface area contributed by atoms with Crippen LogP contribution in [0.1, 0.15) is 33.6 Å². The summed E-state index contributed by atoms with van der Waals surface area (Å²) in [6, 6.07) is 0. The molecule has 3 nitrogen and oxygen atoms in total. The molecule has 0 radical (unpaired) electrons. The molecule has 0 aliphatic carbocycles. The summed E-state index contributed by atoms with van der Waals surface area (Å²) in [6.07, 6.45) is 3.29. The Morgan fingerprint density at radius 1 is 1.67 bits per heavy atom. The molecule has 12 heavy (non-hydrogen) atoms. The highest BCUT2D eigenvalue weighted by molar-refractivity contribution is 6.00. The van der Waals surface area contributed by atoms with Crippen molar-refractivity contribution in [1.29, 1.82) is 0 Å². The van der Waals surface area contributed by atoms with Crippen LogP contribution in [0, 0.1) is 5.92 Å². The van der Waals surface area contributed by atoms with E-state index in [2.05, 4.69) is 24.2 Å². The first kappa shape index (κ1) is 9.23. The maximum absolute atomic E-state index is 11.5. The first-order valence-electron chi connectivity index (χ1n) is 4.52. The second kappa shape index (κ2) is 3.25. The quantitative estimate of drug-likeness (QED) is 0.678. The fourth-order valence-electron chi connectivity index (χ4n) is 1.68. The van der Waals surface area contributed by atoms with Crippen LogP contribution < -0.4 is 5.32 Å². The average Bonchev–Trinajstić information content (AvgIpc) is 2.46. The van der Waals surface area contributed by atoms with Gasteiger partial charge in [-0.2, -0.15) is 0 Å². The van der Waals surface area contributed by atoms with Gasteiger partial charge in [0.05, 0.1) is 6.34 Å². The van der Waals surface area contributed by atoms with Crippen LogP contribution >= 0.6 is 0 Å². The summed E-state index contributed by atoms with van der Waals surface area (Å²) in [5.74, 6) is 0.376. The van der Waals surface area contributed by atoms with Crippen LogP contribution in [0.3, 0.4) is 0 Å². The Morgan fingerprint density at radius 3 is 2.67 bits per heavy atom. The van der Waals surface area contributed by atoms with Crippen molar-refractivity contribution in [2.24, 2.45) is 10.9 Å². The van der Waals surface area contributed by atoms with Crippen LogP contribution in [-0.4, -0.2) is 17.8 Å². The van der Waals surface area contributed by atoms with E-state index in [4.69, 9.17) is 0 Å². The summed E-state index contributed by atoms with van der Waals surface area (Å²) in [4.78, 5) is 15.7. The van der Waals surface area contributed by atoms with Crippen LogP contribution in [0.15, 0.2) is 4.99 Å².